The highest BCUT2D eigenvalue weighted by Gasteiger charge is 2.18. The lowest BCUT2D eigenvalue weighted by Crippen LogP contribution is -2.10. The molecule has 0 bridgehead atoms. The lowest BCUT2D eigenvalue weighted by Gasteiger charge is -2.26. The van der Waals surface area contributed by atoms with E-state index in [0.29, 0.717) is 0 Å². The number of hydrogen-bond acceptors (Lipinski definition) is 2. The zero-order valence-corrected chi connectivity index (χ0v) is 30.9. The largest absolute Gasteiger partial charge is 0.455 e. The topological polar surface area (TPSA) is 16.4 Å². The van der Waals surface area contributed by atoms with Crippen LogP contribution in [0.1, 0.15) is 53.5 Å². The molecule has 0 N–H and O–H groups in total. The third kappa shape index (κ3) is 6.12. The number of benzene rings is 11. The Kier molecular flexibility index (Phi) is 3.33. The highest BCUT2D eigenvalue weighted by molar-refractivity contribution is 6.19. The molecule has 12 aromatic rings. The van der Waals surface area contributed by atoms with Crippen molar-refractivity contribution in [3.05, 3.63) is 236 Å². The maximum absolute atomic E-state index is 9.89. The van der Waals surface area contributed by atoms with E-state index < -0.39 is 351 Å². The fourth-order valence-electron chi connectivity index (χ4n) is 6.78. The fourth-order valence-corrected chi connectivity index (χ4v) is 6.78. The summed E-state index contributed by atoms with van der Waals surface area (Å²) < 4.78 is 362. The van der Waals surface area contributed by atoms with Crippen LogP contribution in [-0.2, 0) is 0 Å². The Labute approximate surface area is 415 Å². The Balaban J connectivity index is 1.24. The van der Waals surface area contributed by atoms with E-state index >= 15 is 0 Å². The molecule has 0 fully saturated rings. The third-order valence-electron chi connectivity index (χ3n) is 9.51. The molecule has 0 unspecified atom stereocenters. The average molecular weight is 829 g/mol. The van der Waals surface area contributed by atoms with Crippen LogP contribution in [0.4, 0.5) is 17.1 Å². The van der Waals surface area contributed by atoms with Gasteiger partial charge in [-0.3, -0.25) is 0 Å². The van der Waals surface area contributed by atoms with Crippen molar-refractivity contribution in [2.75, 3.05) is 4.90 Å². The van der Waals surface area contributed by atoms with Gasteiger partial charge in [0.05, 0.1) is 53.5 Å². The summed E-state index contributed by atoms with van der Waals surface area (Å²) in [5.74, 6) is 0. The van der Waals surface area contributed by atoms with Gasteiger partial charge >= 0.3 is 0 Å². The molecule has 0 aliphatic carbocycles. The van der Waals surface area contributed by atoms with Crippen molar-refractivity contribution in [3.8, 4) is 44.5 Å². The van der Waals surface area contributed by atoms with Gasteiger partial charge in [0, 0.05) is 33.2 Å². The van der Waals surface area contributed by atoms with Crippen molar-refractivity contribution < 1.29 is 57.9 Å². The molecule has 1 heterocycles. The minimum atomic E-state index is -1.44. The van der Waals surface area contributed by atoms with Gasteiger partial charge in [-0.1, -0.05) is 175 Å². The van der Waals surface area contributed by atoms with Crippen LogP contribution in [0.2, 0.25) is 0 Å². The lowest BCUT2D eigenvalue weighted by molar-refractivity contribution is 0.673. The van der Waals surface area contributed by atoms with Gasteiger partial charge in [0.15, 0.2) is 0 Å². The Bertz CT molecular complexity index is 5840. The van der Waals surface area contributed by atoms with E-state index in [4.69, 9.17) is 35.9 Å². The molecule has 2 heteroatoms. The van der Waals surface area contributed by atoms with Crippen LogP contribution in [0.15, 0.2) is 240 Å². The Morgan fingerprint density at radius 1 is 0.290 bits per heavy atom. The summed E-state index contributed by atoms with van der Waals surface area (Å²) in [6, 6.07) is -43.1. The highest BCUT2D eigenvalue weighted by atomic mass is 16.3. The van der Waals surface area contributed by atoms with Crippen molar-refractivity contribution in [2.45, 2.75) is 0 Å². The van der Waals surface area contributed by atoms with E-state index in [1.165, 1.54) is 0 Å². The summed E-state index contributed by atoms with van der Waals surface area (Å²) in [7, 11) is 0. The Morgan fingerprint density at radius 2 is 0.790 bits per heavy atom. The molecule has 1 aromatic heterocycles. The van der Waals surface area contributed by atoms with E-state index in [9.17, 15) is 21.9 Å². The second-order valence-corrected chi connectivity index (χ2v) is 13.0. The van der Waals surface area contributed by atoms with Crippen LogP contribution in [-0.4, -0.2) is 0 Å². The molecular formula is C60H39NO. The molecule has 0 spiro atoms. The van der Waals surface area contributed by atoms with Gasteiger partial charge in [-0.05, 0) is 132 Å². The van der Waals surface area contributed by atoms with Gasteiger partial charge in [0.25, 0.3) is 0 Å². The average Bonchev–Trinajstić information content (AvgIpc) is 1.65. The molecule has 0 aliphatic rings. The summed E-state index contributed by atoms with van der Waals surface area (Å²) in [5.41, 5.74) is -13.1. The first-order valence-corrected chi connectivity index (χ1v) is 18.1. The minimum Gasteiger partial charge on any atom is -0.455 e. The summed E-state index contributed by atoms with van der Waals surface area (Å²) in [5, 5.41) is -5.47. The first kappa shape index (κ1) is 13.9. The number of rotatable bonds is 7. The van der Waals surface area contributed by atoms with Crippen molar-refractivity contribution in [2.24, 2.45) is 0 Å². The van der Waals surface area contributed by atoms with Crippen molar-refractivity contribution in [1.29, 1.82) is 0 Å². The number of fused-ring (bicyclic) bond motifs is 8. The minimum absolute atomic E-state index is 0.199. The molecule has 0 saturated heterocycles. The molecule has 62 heavy (non-hydrogen) atoms. The zero-order chi connectivity index (χ0) is 74.9. The lowest BCUT2D eigenvalue weighted by atomic mass is 9.93. The van der Waals surface area contributed by atoms with Gasteiger partial charge in [-0.25, -0.2) is 0 Å². The predicted octanol–water partition coefficient (Wildman–Crippen LogP) is 17.2. The maximum atomic E-state index is 9.89. The van der Waals surface area contributed by atoms with Crippen LogP contribution in [0, 0.1) is 0 Å². The molecule has 2 nitrogen and oxygen atoms in total. The highest BCUT2D eigenvalue weighted by Crippen LogP contribution is 2.43. The molecular weight excluding hydrogens is 751 g/mol. The number of hydrogen-bond donors (Lipinski definition) is 0. The smallest absolute Gasteiger partial charge is 0.143 e. The maximum Gasteiger partial charge on any atom is 0.143 e. The van der Waals surface area contributed by atoms with E-state index in [-0.39, 0.29) is 4.90 Å². The first-order valence-electron chi connectivity index (χ1n) is 37.6. The Morgan fingerprint density at radius 3 is 1.52 bits per heavy atom. The summed E-state index contributed by atoms with van der Waals surface area (Å²) in [4.78, 5) is 0.199. The van der Waals surface area contributed by atoms with Crippen LogP contribution in [0.25, 0.3) is 98.8 Å². The molecule has 0 atom stereocenters. The van der Waals surface area contributed by atoms with Gasteiger partial charge in [-0.2, -0.15) is 0 Å². The molecule has 0 amide bonds. The van der Waals surface area contributed by atoms with Gasteiger partial charge in [0.2, 0.25) is 0 Å². The SMILES string of the molecule is [2H]c1c([2H])c([2H])c(-c2c([2H])c([2H])c([2H])c(N(c3c([2H])c([2H])c(-c4c([2H])c([2H])c5oc6c7c([2H])c([2H])c([2H])c([2H])c7c(-c7c([2H])c([2H])c([2H])c([2H])c7[2H])c([2H])c6c5c4[2H])c([2H])c3[2H])c3c([2H])c([2H])c(-c4c([2H])c5c([2H])c([2H])c([2H])c([2H])c5c5c([2H])c([2H])c([2H])c([2H])c45)c([2H])c3[2H])c2[2H])c([2H])c1[2H]. The molecule has 0 aliphatic heterocycles. The van der Waals surface area contributed by atoms with Gasteiger partial charge in [-0.15, -0.1) is 0 Å². The predicted molar refractivity (Wildman–Crippen MR) is 263 cm³/mol. The molecule has 12 rings (SSSR count). The van der Waals surface area contributed by atoms with Crippen LogP contribution in [0.3, 0.4) is 0 Å². The number of furan rings is 1. The number of nitrogens with zero attached hydrogens (tertiary/aromatic N) is 1. The second kappa shape index (κ2) is 14.8. The molecule has 290 valence electrons. The normalized spacial score (nSPS) is 20.4. The quantitative estimate of drug-likeness (QED) is 0.149. The van der Waals surface area contributed by atoms with Crippen molar-refractivity contribution in [3.63, 3.8) is 0 Å². The van der Waals surface area contributed by atoms with Crippen LogP contribution in [0.5, 0.6) is 0 Å². The van der Waals surface area contributed by atoms with Gasteiger partial charge in [0.1, 0.15) is 11.2 Å². The zero-order valence-electron chi connectivity index (χ0n) is 69.9. The summed E-state index contributed by atoms with van der Waals surface area (Å²) in [6.07, 6.45) is 0. The fraction of sp³-hybridized carbons (Fsp3) is 0. The van der Waals surface area contributed by atoms with E-state index in [2.05, 4.69) is 0 Å². The van der Waals surface area contributed by atoms with E-state index in [1.807, 2.05) is 0 Å². The second-order valence-electron chi connectivity index (χ2n) is 13.0. The van der Waals surface area contributed by atoms with Crippen LogP contribution < -0.4 is 4.90 Å². The summed E-state index contributed by atoms with van der Waals surface area (Å²) >= 11 is 0. The molecule has 11 aromatic carbocycles. The first-order chi connectivity index (χ1) is 47.0. The Hall–Kier alpha value is -8.20. The molecule has 0 radical (unpaired) electrons. The third-order valence-corrected chi connectivity index (χ3v) is 9.51. The van der Waals surface area contributed by atoms with E-state index in [0.717, 1.165) is 0 Å². The van der Waals surface area contributed by atoms with Crippen molar-refractivity contribution in [1.82, 2.24) is 0 Å². The molecule has 0 saturated carbocycles. The van der Waals surface area contributed by atoms with Crippen LogP contribution >= 0.6 is 0 Å². The monoisotopic (exact) mass is 829 g/mol. The standard InChI is InChI=1S/C60H39NO/c1-3-14-40(15-4-1)44-19-13-20-49(36-44)61(48-33-28-43(29-34-48)55-38-46-18-7-8-21-50(46)51-22-9-10-23-52(51)55)47-31-26-41(27-32-47)45-30-35-59-57(37-45)58-39-56(42-16-5-2-6-17-42)53-24-11-12-25-54(53)60(58)62-59/h1-39H/i1D,2D,3D,4D,5D,6D,7D,8D,9D,10D,11D,12D,13D,14D,15D,16D,17D,18D,19D,20D,21D,22D,23D,24D,25D,26D,27D,28D,29D,30D,31D,32D,33D,34D,35D,36D,37D,38D,39D. The number of anilines is 3. The van der Waals surface area contributed by atoms with Gasteiger partial charge < -0.3 is 9.32 Å². The van der Waals surface area contributed by atoms with Crippen molar-refractivity contribution >= 4 is 71.3 Å². The van der Waals surface area contributed by atoms with E-state index in [1.54, 1.807) is 0 Å². The summed E-state index contributed by atoms with van der Waals surface area (Å²) in [6.45, 7) is 0.